The average Bonchev–Trinajstić information content (AvgIpc) is 3.12. The summed E-state index contributed by atoms with van der Waals surface area (Å²) in [6.45, 7) is 3.97. The molecule has 1 saturated heterocycles. The quantitative estimate of drug-likeness (QED) is 0.493. The Morgan fingerprint density at radius 1 is 1.31 bits per heavy atom. The first-order valence-electron chi connectivity index (χ1n) is 10.4. The second-order valence-electron chi connectivity index (χ2n) is 7.82. The molecule has 168 valence electrons. The van der Waals surface area contributed by atoms with E-state index in [1.807, 2.05) is 12.1 Å². The third-order valence-electron chi connectivity index (χ3n) is 5.72. The molecule has 3 aromatic rings. The number of benzene rings is 1. The lowest BCUT2D eigenvalue weighted by Crippen LogP contribution is -2.36. The Kier molecular flexibility index (Phi) is 6.74. The van der Waals surface area contributed by atoms with Gasteiger partial charge in [0.1, 0.15) is 15.5 Å². The van der Waals surface area contributed by atoms with Crippen molar-refractivity contribution in [2.45, 2.75) is 38.8 Å². The van der Waals surface area contributed by atoms with Crippen LogP contribution in [0, 0.1) is 5.82 Å². The molecule has 1 amide bonds. The van der Waals surface area contributed by atoms with Crippen LogP contribution in [0.4, 0.5) is 10.1 Å². The molecule has 2 aromatic heterocycles. The number of esters is 1. The highest BCUT2D eigenvalue weighted by atomic mass is 35.5. The number of aromatic nitrogens is 1. The molecule has 32 heavy (non-hydrogen) atoms. The number of hydrogen-bond donors (Lipinski definition) is 1. The summed E-state index contributed by atoms with van der Waals surface area (Å²) in [4.78, 5) is 33.1. The van der Waals surface area contributed by atoms with E-state index in [0.29, 0.717) is 16.3 Å². The molecular formula is C23H23ClFN3O3S. The molecule has 1 N–H and O–H groups in total. The number of halogens is 2. The fraction of sp³-hybridized carbons (Fsp3) is 0.348. The fourth-order valence-electron chi connectivity index (χ4n) is 3.96. The van der Waals surface area contributed by atoms with Crippen LogP contribution in [0.15, 0.2) is 30.3 Å². The van der Waals surface area contributed by atoms with Gasteiger partial charge in [-0.2, -0.15) is 0 Å². The zero-order valence-corrected chi connectivity index (χ0v) is 19.4. The summed E-state index contributed by atoms with van der Waals surface area (Å²) in [6.07, 6.45) is 3.59. The zero-order valence-electron chi connectivity index (χ0n) is 17.8. The molecule has 4 rings (SSSR count). The van der Waals surface area contributed by atoms with Crippen molar-refractivity contribution >= 4 is 50.7 Å². The summed E-state index contributed by atoms with van der Waals surface area (Å²) in [5, 5.41) is 3.22. The van der Waals surface area contributed by atoms with Crippen molar-refractivity contribution in [3.8, 4) is 0 Å². The predicted octanol–water partition coefficient (Wildman–Crippen LogP) is 5.50. The van der Waals surface area contributed by atoms with Crippen molar-refractivity contribution in [3.63, 3.8) is 0 Å². The van der Waals surface area contributed by atoms with Crippen LogP contribution < -0.4 is 5.32 Å². The molecular weight excluding hydrogens is 453 g/mol. The minimum atomic E-state index is -0.746. The highest BCUT2D eigenvalue weighted by molar-refractivity contribution is 7.21. The maximum absolute atomic E-state index is 14.2. The number of nitrogens with one attached hydrogen (secondary N) is 1. The first kappa shape index (κ1) is 22.6. The lowest BCUT2D eigenvalue weighted by molar-refractivity contribution is 0.0607. The number of likely N-dealkylation sites (tertiary alicyclic amines) is 1. The van der Waals surface area contributed by atoms with Gasteiger partial charge in [0.15, 0.2) is 0 Å². The molecule has 0 spiro atoms. The number of carbonyl (C=O) groups excluding carboxylic acids is 2. The van der Waals surface area contributed by atoms with Gasteiger partial charge < -0.3 is 10.1 Å². The Bertz CT molecular complexity index is 1160. The summed E-state index contributed by atoms with van der Waals surface area (Å²) in [6, 6.07) is 8.22. The number of hydrogen-bond acceptors (Lipinski definition) is 6. The number of carbonyl (C=O) groups is 2. The Labute approximate surface area is 194 Å². The summed E-state index contributed by atoms with van der Waals surface area (Å²) in [5.74, 6) is -2.09. The van der Waals surface area contributed by atoms with E-state index in [1.54, 1.807) is 0 Å². The van der Waals surface area contributed by atoms with E-state index in [4.69, 9.17) is 21.3 Å². The maximum Gasteiger partial charge on any atom is 0.350 e. The van der Waals surface area contributed by atoms with Gasteiger partial charge in [0.05, 0.1) is 29.1 Å². The van der Waals surface area contributed by atoms with Gasteiger partial charge in [-0.15, -0.1) is 11.3 Å². The summed E-state index contributed by atoms with van der Waals surface area (Å²) < 4.78 is 19.1. The molecule has 0 radical (unpaired) electrons. The van der Waals surface area contributed by atoms with E-state index in [0.717, 1.165) is 36.2 Å². The van der Waals surface area contributed by atoms with Crippen LogP contribution >= 0.6 is 22.9 Å². The van der Waals surface area contributed by atoms with Gasteiger partial charge >= 0.3 is 5.97 Å². The number of pyridine rings is 1. The number of amides is 1. The number of anilines is 1. The van der Waals surface area contributed by atoms with Gasteiger partial charge in [0.25, 0.3) is 5.91 Å². The molecule has 1 aliphatic heterocycles. The topological polar surface area (TPSA) is 71.5 Å². The third kappa shape index (κ3) is 4.48. The fourth-order valence-corrected chi connectivity index (χ4v) is 5.27. The zero-order chi connectivity index (χ0) is 22.8. The van der Waals surface area contributed by atoms with Crippen molar-refractivity contribution in [2.24, 2.45) is 0 Å². The van der Waals surface area contributed by atoms with E-state index in [-0.39, 0.29) is 21.2 Å². The average molecular weight is 476 g/mol. The second-order valence-corrected chi connectivity index (χ2v) is 9.23. The van der Waals surface area contributed by atoms with Gasteiger partial charge in [-0.1, -0.05) is 24.1 Å². The van der Waals surface area contributed by atoms with Gasteiger partial charge in [0.2, 0.25) is 0 Å². The first-order valence-corrected chi connectivity index (χ1v) is 11.6. The minimum Gasteiger partial charge on any atom is -0.465 e. The van der Waals surface area contributed by atoms with Gasteiger partial charge in [-0.25, -0.2) is 14.2 Å². The highest BCUT2D eigenvalue weighted by Gasteiger charge is 2.25. The summed E-state index contributed by atoms with van der Waals surface area (Å²) in [5.41, 5.74) is 0.846. The van der Waals surface area contributed by atoms with E-state index < -0.39 is 17.7 Å². The highest BCUT2D eigenvalue weighted by Crippen LogP contribution is 2.36. The largest absolute Gasteiger partial charge is 0.465 e. The van der Waals surface area contributed by atoms with Gasteiger partial charge in [-0.3, -0.25) is 9.69 Å². The molecule has 1 unspecified atom stereocenters. The predicted molar refractivity (Wildman–Crippen MR) is 124 cm³/mol. The Morgan fingerprint density at radius 2 is 2.12 bits per heavy atom. The molecule has 1 atom stereocenters. The number of thiophene rings is 1. The lowest BCUT2D eigenvalue weighted by Gasteiger charge is -2.32. The van der Waals surface area contributed by atoms with E-state index >= 15 is 0 Å². The number of nitrogens with zero attached hydrogens (tertiary/aromatic N) is 2. The number of rotatable bonds is 5. The van der Waals surface area contributed by atoms with Crippen LogP contribution in [-0.4, -0.2) is 41.5 Å². The van der Waals surface area contributed by atoms with Crippen LogP contribution in [0.1, 0.15) is 51.9 Å². The lowest BCUT2D eigenvalue weighted by atomic mass is 10.0. The molecule has 1 fully saturated rings. The van der Waals surface area contributed by atoms with Crippen LogP contribution in [0.5, 0.6) is 0 Å². The number of methoxy groups -OCH3 is 1. The molecule has 0 saturated carbocycles. The Hall–Kier alpha value is -2.55. The van der Waals surface area contributed by atoms with Crippen LogP contribution in [0.3, 0.4) is 0 Å². The van der Waals surface area contributed by atoms with Crippen LogP contribution in [-0.2, 0) is 11.3 Å². The van der Waals surface area contributed by atoms with E-state index in [1.165, 1.54) is 38.5 Å². The van der Waals surface area contributed by atoms with Crippen molar-refractivity contribution in [1.82, 2.24) is 9.88 Å². The van der Waals surface area contributed by atoms with Crippen LogP contribution in [0.25, 0.3) is 10.2 Å². The normalized spacial score (nSPS) is 16.8. The first-order chi connectivity index (χ1) is 15.4. The summed E-state index contributed by atoms with van der Waals surface area (Å²) in [7, 11) is 1.27. The Balaban J connectivity index is 1.69. The molecule has 9 heteroatoms. The molecule has 1 aromatic carbocycles. The minimum absolute atomic E-state index is 0.0160. The molecule has 0 aliphatic carbocycles. The van der Waals surface area contributed by atoms with Crippen molar-refractivity contribution in [1.29, 1.82) is 0 Å². The third-order valence-corrected chi connectivity index (χ3v) is 7.11. The molecule has 0 bridgehead atoms. The smallest absolute Gasteiger partial charge is 0.350 e. The number of ether oxygens (including phenoxy) is 1. The van der Waals surface area contributed by atoms with Crippen LogP contribution in [0.2, 0.25) is 5.02 Å². The molecule has 1 aliphatic rings. The molecule has 3 heterocycles. The van der Waals surface area contributed by atoms with Crippen molar-refractivity contribution < 1.29 is 18.7 Å². The van der Waals surface area contributed by atoms with Gasteiger partial charge in [0, 0.05) is 18.0 Å². The van der Waals surface area contributed by atoms with Gasteiger partial charge in [-0.05, 0) is 50.6 Å². The second kappa shape index (κ2) is 9.52. The SMILES string of the molecule is COC(=O)c1sc2nc(CN3CCCCC3C)ccc2c1NC(=O)c1c(F)cccc1Cl. The van der Waals surface area contributed by atoms with E-state index in [2.05, 4.69) is 17.1 Å². The van der Waals surface area contributed by atoms with Crippen molar-refractivity contribution in [3.05, 3.63) is 57.3 Å². The number of fused-ring (bicyclic) bond motifs is 1. The van der Waals surface area contributed by atoms with E-state index in [9.17, 15) is 14.0 Å². The summed E-state index contributed by atoms with van der Waals surface area (Å²) >= 11 is 7.16. The standard InChI is InChI=1S/C23H23ClFN3O3S/c1-13-6-3-4-11-28(13)12-14-9-10-15-19(20(23(30)31-2)32-22(15)26-14)27-21(29)18-16(24)7-5-8-17(18)25/h5,7-10,13H,3-4,6,11-12H2,1-2H3,(H,27,29). The number of piperidine rings is 1. The maximum atomic E-state index is 14.2. The van der Waals surface area contributed by atoms with Crippen molar-refractivity contribution in [2.75, 3.05) is 19.0 Å². The monoisotopic (exact) mass is 475 g/mol. The molecule has 6 nitrogen and oxygen atoms in total. The Morgan fingerprint density at radius 3 is 2.84 bits per heavy atom.